The Hall–Kier alpha value is -4.43. The third-order valence-corrected chi connectivity index (χ3v) is 7.28. The molecule has 0 saturated heterocycles. The Morgan fingerprint density at radius 2 is 1.46 bits per heavy atom. The fraction of sp³-hybridized carbons (Fsp3) is 0.395. The van der Waals surface area contributed by atoms with E-state index in [1.54, 1.807) is 39.8 Å². The number of carbonyl (C=O) groups is 1. The van der Waals surface area contributed by atoms with Gasteiger partial charge in [0.1, 0.15) is 5.82 Å². The van der Waals surface area contributed by atoms with Crippen LogP contribution in [-0.4, -0.2) is 42.6 Å². The number of Topliss-reactive ketones (excluding diaryl/α,β-unsaturated/α-hetero) is 1. The number of ether oxygens (including phenoxy) is 3. The van der Waals surface area contributed by atoms with Crippen LogP contribution in [0.1, 0.15) is 87.1 Å². The van der Waals surface area contributed by atoms with E-state index in [0.29, 0.717) is 29.2 Å². The van der Waals surface area contributed by atoms with Gasteiger partial charge in [-0.3, -0.25) is 9.78 Å². The number of rotatable bonds is 11. The fourth-order valence-corrected chi connectivity index (χ4v) is 5.12. The second-order valence-electron chi connectivity index (χ2n) is 13.3. The van der Waals surface area contributed by atoms with E-state index in [1.165, 1.54) is 0 Å². The zero-order valence-corrected chi connectivity index (χ0v) is 29.0. The summed E-state index contributed by atoms with van der Waals surface area (Å²) in [5.74, 6) is 2.83. The molecule has 4 aromatic rings. The molecule has 4 rings (SSSR count). The van der Waals surface area contributed by atoms with Gasteiger partial charge in [0.2, 0.25) is 5.75 Å². The third-order valence-electron chi connectivity index (χ3n) is 7.28. The molecule has 8 nitrogen and oxygen atoms in total. The summed E-state index contributed by atoms with van der Waals surface area (Å²) in [6.07, 6.45) is 5.54. The van der Waals surface area contributed by atoms with Crippen LogP contribution < -0.4 is 24.8 Å². The van der Waals surface area contributed by atoms with Gasteiger partial charge >= 0.3 is 0 Å². The number of aromatic nitrogens is 2. The van der Waals surface area contributed by atoms with E-state index in [0.717, 1.165) is 22.5 Å². The summed E-state index contributed by atoms with van der Waals surface area (Å²) in [4.78, 5) is 20.9. The van der Waals surface area contributed by atoms with Crippen molar-refractivity contribution < 1.29 is 19.0 Å². The number of nitrogens with zero attached hydrogens (tertiary/aromatic N) is 2. The molecule has 2 aromatic heterocycles. The van der Waals surface area contributed by atoms with E-state index in [4.69, 9.17) is 14.2 Å². The van der Waals surface area contributed by atoms with Gasteiger partial charge in [0.25, 0.3) is 0 Å². The molecule has 2 heterocycles. The molecular formula is C38H50N4O4. The first-order valence-corrected chi connectivity index (χ1v) is 15.5. The van der Waals surface area contributed by atoms with Crippen molar-refractivity contribution in [3.63, 3.8) is 0 Å². The summed E-state index contributed by atoms with van der Waals surface area (Å²) in [5.41, 5.74) is 3.88. The standard InChI is InChI=1S/C20H28N2O3.C18H22N2O/c1-13-8-9-21-17(10-13)22-19(20(2,3)4)14-11-15(23-5)18(25-7)16(12-14)24-6;1-18(2,3)20-16(14-8-5-4-6-9-14)12-17(21)15-10-7-11-19-13-15/h8-12,19H,1-7H3,(H,21,22);4-11,13,16,20H,12H2,1-3H3. The molecule has 0 amide bonds. The normalized spacial score (nSPS) is 12.7. The van der Waals surface area contributed by atoms with Gasteiger partial charge in [-0.1, -0.05) is 51.1 Å². The summed E-state index contributed by atoms with van der Waals surface area (Å²) >= 11 is 0. The average molecular weight is 627 g/mol. The molecule has 46 heavy (non-hydrogen) atoms. The molecule has 2 atom stereocenters. The van der Waals surface area contributed by atoms with E-state index in [-0.39, 0.29) is 28.8 Å². The van der Waals surface area contributed by atoms with Crippen molar-refractivity contribution in [1.82, 2.24) is 15.3 Å². The van der Waals surface area contributed by atoms with E-state index in [1.807, 2.05) is 54.7 Å². The highest BCUT2D eigenvalue weighted by Gasteiger charge is 2.29. The smallest absolute Gasteiger partial charge is 0.203 e. The number of benzene rings is 2. The first kappa shape index (κ1) is 36.0. The SMILES string of the molecule is CC(C)(C)NC(CC(=O)c1cccnc1)c1ccccc1.COc1cc(C(Nc2cc(C)ccn2)C(C)(C)C)cc(OC)c1OC. The first-order chi connectivity index (χ1) is 21.7. The Kier molecular flexibility index (Phi) is 12.7. The summed E-state index contributed by atoms with van der Waals surface area (Å²) in [6, 6.07) is 21.7. The van der Waals surface area contributed by atoms with Crippen LogP contribution >= 0.6 is 0 Å². The minimum Gasteiger partial charge on any atom is -0.493 e. The number of aryl methyl sites for hydroxylation is 1. The van der Waals surface area contributed by atoms with Gasteiger partial charge in [-0.25, -0.2) is 4.98 Å². The molecule has 0 radical (unpaired) electrons. The molecule has 2 aromatic carbocycles. The Labute approximate surface area is 274 Å². The van der Waals surface area contributed by atoms with Crippen molar-refractivity contribution in [1.29, 1.82) is 0 Å². The number of ketones is 1. The zero-order valence-electron chi connectivity index (χ0n) is 29.0. The van der Waals surface area contributed by atoms with Crippen LogP contribution in [0.4, 0.5) is 5.82 Å². The quantitative estimate of drug-likeness (QED) is 0.160. The molecule has 0 spiro atoms. The van der Waals surface area contributed by atoms with Gasteiger partial charge in [0.05, 0.1) is 27.4 Å². The van der Waals surface area contributed by atoms with Crippen molar-refractivity contribution in [2.75, 3.05) is 26.6 Å². The van der Waals surface area contributed by atoms with Crippen molar-refractivity contribution >= 4 is 11.6 Å². The summed E-state index contributed by atoms with van der Waals surface area (Å²) in [6.45, 7) is 14.9. The van der Waals surface area contributed by atoms with Crippen LogP contribution in [0.5, 0.6) is 17.2 Å². The molecule has 2 unspecified atom stereocenters. The van der Waals surface area contributed by atoms with Crippen LogP contribution in [0.3, 0.4) is 0 Å². The molecule has 0 saturated carbocycles. The predicted molar refractivity (Wildman–Crippen MR) is 186 cm³/mol. The highest BCUT2D eigenvalue weighted by atomic mass is 16.5. The van der Waals surface area contributed by atoms with E-state index >= 15 is 0 Å². The van der Waals surface area contributed by atoms with Crippen molar-refractivity contribution in [2.24, 2.45) is 5.41 Å². The molecule has 0 aliphatic heterocycles. The van der Waals surface area contributed by atoms with Gasteiger partial charge in [-0.15, -0.1) is 0 Å². The van der Waals surface area contributed by atoms with E-state index < -0.39 is 0 Å². The van der Waals surface area contributed by atoms with E-state index in [2.05, 4.69) is 81.2 Å². The lowest BCUT2D eigenvalue weighted by Gasteiger charge is -2.33. The van der Waals surface area contributed by atoms with Gasteiger partial charge in [0.15, 0.2) is 17.3 Å². The average Bonchev–Trinajstić information content (AvgIpc) is 3.02. The van der Waals surface area contributed by atoms with Crippen LogP contribution in [0.15, 0.2) is 85.3 Å². The van der Waals surface area contributed by atoms with Crippen molar-refractivity contribution in [3.8, 4) is 17.2 Å². The second-order valence-corrected chi connectivity index (χ2v) is 13.3. The lowest BCUT2D eigenvalue weighted by molar-refractivity contribution is 0.0963. The molecule has 8 heteroatoms. The zero-order chi connectivity index (χ0) is 33.9. The maximum atomic E-state index is 12.4. The van der Waals surface area contributed by atoms with Crippen LogP contribution in [0.2, 0.25) is 0 Å². The Bertz CT molecular complexity index is 1510. The Morgan fingerprint density at radius 1 is 0.804 bits per heavy atom. The third kappa shape index (κ3) is 10.6. The van der Waals surface area contributed by atoms with Gasteiger partial charge in [-0.2, -0.15) is 0 Å². The number of hydrogen-bond donors (Lipinski definition) is 2. The Balaban J connectivity index is 0.000000254. The predicted octanol–water partition coefficient (Wildman–Crippen LogP) is 8.40. The number of hydrogen-bond acceptors (Lipinski definition) is 8. The van der Waals surface area contributed by atoms with Crippen LogP contribution in [-0.2, 0) is 0 Å². The largest absolute Gasteiger partial charge is 0.493 e. The van der Waals surface area contributed by atoms with Crippen molar-refractivity contribution in [3.05, 3.63) is 108 Å². The maximum absolute atomic E-state index is 12.4. The molecule has 2 N–H and O–H groups in total. The van der Waals surface area contributed by atoms with Gasteiger partial charge in [0, 0.05) is 42.2 Å². The fourth-order valence-electron chi connectivity index (χ4n) is 5.12. The lowest BCUT2D eigenvalue weighted by atomic mass is 9.82. The van der Waals surface area contributed by atoms with Crippen molar-refractivity contribution in [2.45, 2.75) is 72.5 Å². The summed E-state index contributed by atoms with van der Waals surface area (Å²) < 4.78 is 16.4. The van der Waals surface area contributed by atoms with Crippen LogP contribution in [0, 0.1) is 12.3 Å². The number of pyridine rings is 2. The first-order valence-electron chi connectivity index (χ1n) is 15.5. The second kappa shape index (κ2) is 16.2. The number of methoxy groups -OCH3 is 3. The number of anilines is 1. The highest BCUT2D eigenvalue weighted by molar-refractivity contribution is 5.96. The number of nitrogens with one attached hydrogen (secondary N) is 2. The monoisotopic (exact) mass is 626 g/mol. The van der Waals surface area contributed by atoms with E-state index in [9.17, 15) is 4.79 Å². The Morgan fingerprint density at radius 3 is 1.96 bits per heavy atom. The molecular weight excluding hydrogens is 576 g/mol. The van der Waals surface area contributed by atoms with Gasteiger partial charge in [-0.05, 0) is 86.2 Å². The molecule has 0 aliphatic carbocycles. The molecule has 246 valence electrons. The lowest BCUT2D eigenvalue weighted by Crippen LogP contribution is -2.39. The topological polar surface area (TPSA) is 94.6 Å². The summed E-state index contributed by atoms with van der Waals surface area (Å²) in [7, 11) is 4.86. The highest BCUT2D eigenvalue weighted by Crippen LogP contribution is 2.44. The summed E-state index contributed by atoms with van der Waals surface area (Å²) in [5, 5.41) is 7.09. The minimum atomic E-state index is -0.0598. The number of carbonyl (C=O) groups excluding carboxylic acids is 1. The van der Waals surface area contributed by atoms with Crippen LogP contribution in [0.25, 0.3) is 0 Å². The van der Waals surface area contributed by atoms with Gasteiger partial charge < -0.3 is 24.8 Å². The minimum absolute atomic E-state index is 0.00101. The molecule has 0 aliphatic rings. The molecule has 0 bridgehead atoms. The molecule has 0 fully saturated rings. The maximum Gasteiger partial charge on any atom is 0.203 e.